The molecule has 4 heteroatoms. The van der Waals surface area contributed by atoms with Gasteiger partial charge in [0.15, 0.2) is 0 Å². The summed E-state index contributed by atoms with van der Waals surface area (Å²) in [7, 11) is 0. The fourth-order valence-corrected chi connectivity index (χ4v) is 1.75. The third kappa shape index (κ3) is 1.92. The Hall–Kier alpha value is -1.81. The van der Waals surface area contributed by atoms with E-state index in [1.807, 2.05) is 19.1 Å². The molecule has 4 nitrogen and oxygen atoms in total. The number of carboxylic acid groups (broad SMARTS) is 1. The molecule has 0 aliphatic heterocycles. The van der Waals surface area contributed by atoms with E-state index in [-0.39, 0.29) is 0 Å². The second-order valence-electron chi connectivity index (χ2n) is 3.65. The summed E-state index contributed by atoms with van der Waals surface area (Å²) in [4.78, 5) is 14.1. The Kier molecular flexibility index (Phi) is 2.92. The molecule has 1 aromatic heterocycles. The number of aromatic nitrogens is 1. The molecule has 84 valence electrons. The Morgan fingerprint density at radius 3 is 3.00 bits per heavy atom. The number of hydrogen-bond acceptors (Lipinski definition) is 2. The summed E-state index contributed by atoms with van der Waals surface area (Å²) in [5.41, 5.74) is 2.02. The van der Waals surface area contributed by atoms with Crippen LogP contribution in [0.4, 0.5) is 0 Å². The number of aromatic carboxylic acids is 1. The van der Waals surface area contributed by atoms with Crippen molar-refractivity contribution in [1.82, 2.24) is 10.3 Å². The van der Waals surface area contributed by atoms with E-state index in [0.717, 1.165) is 24.2 Å². The number of H-pyrrole nitrogens is 1. The van der Waals surface area contributed by atoms with Crippen LogP contribution in [0.5, 0.6) is 0 Å². The van der Waals surface area contributed by atoms with Gasteiger partial charge in [-0.2, -0.15) is 0 Å². The van der Waals surface area contributed by atoms with Crippen LogP contribution in [0.3, 0.4) is 0 Å². The van der Waals surface area contributed by atoms with Gasteiger partial charge >= 0.3 is 5.97 Å². The fraction of sp³-hybridized carbons (Fsp3) is 0.250. The molecule has 0 saturated heterocycles. The van der Waals surface area contributed by atoms with Gasteiger partial charge in [0.2, 0.25) is 0 Å². The van der Waals surface area contributed by atoms with Crippen molar-refractivity contribution in [2.45, 2.75) is 13.5 Å². The first-order valence-electron chi connectivity index (χ1n) is 5.27. The van der Waals surface area contributed by atoms with Crippen molar-refractivity contribution in [3.05, 3.63) is 35.5 Å². The number of fused-ring (bicyclic) bond motifs is 1. The molecule has 0 aliphatic carbocycles. The molecular formula is C12H14N2O2. The van der Waals surface area contributed by atoms with Crippen molar-refractivity contribution >= 4 is 16.9 Å². The number of carboxylic acids is 1. The summed E-state index contributed by atoms with van der Waals surface area (Å²) in [6.45, 7) is 3.65. The van der Waals surface area contributed by atoms with Crippen molar-refractivity contribution in [3.63, 3.8) is 0 Å². The Bertz CT molecular complexity index is 517. The average Bonchev–Trinajstić information content (AvgIpc) is 2.68. The zero-order valence-electron chi connectivity index (χ0n) is 9.08. The lowest BCUT2D eigenvalue weighted by molar-refractivity contribution is 0.0699. The van der Waals surface area contributed by atoms with E-state index in [4.69, 9.17) is 5.11 Å². The standard InChI is InChI=1S/C12H14N2O2/c1-2-13-7-9-6-8-4-3-5-10(12(15)16)11(8)14-9/h3-6,13-14H,2,7H2,1H3,(H,15,16). The highest BCUT2D eigenvalue weighted by molar-refractivity contribution is 6.02. The minimum Gasteiger partial charge on any atom is -0.478 e. The molecule has 0 unspecified atom stereocenters. The van der Waals surface area contributed by atoms with E-state index < -0.39 is 5.97 Å². The normalized spacial score (nSPS) is 10.8. The fourth-order valence-electron chi connectivity index (χ4n) is 1.75. The van der Waals surface area contributed by atoms with Gasteiger partial charge in [0.25, 0.3) is 0 Å². The van der Waals surface area contributed by atoms with Crippen LogP contribution in [0.1, 0.15) is 23.0 Å². The Morgan fingerprint density at radius 1 is 1.50 bits per heavy atom. The van der Waals surface area contributed by atoms with Gasteiger partial charge in [0.05, 0.1) is 11.1 Å². The van der Waals surface area contributed by atoms with Gasteiger partial charge in [-0.05, 0) is 18.7 Å². The first kappa shape index (κ1) is 10.7. The SMILES string of the molecule is CCNCc1cc2cccc(C(=O)O)c2[nH]1. The first-order chi connectivity index (χ1) is 7.72. The summed E-state index contributed by atoms with van der Waals surface area (Å²) in [6, 6.07) is 7.26. The van der Waals surface area contributed by atoms with Crippen LogP contribution in [0.2, 0.25) is 0 Å². The minimum absolute atomic E-state index is 0.320. The van der Waals surface area contributed by atoms with Crippen LogP contribution >= 0.6 is 0 Å². The molecule has 0 saturated carbocycles. The summed E-state index contributed by atoms with van der Waals surface area (Å²) in [6.07, 6.45) is 0. The third-order valence-electron chi connectivity index (χ3n) is 2.51. The molecule has 3 N–H and O–H groups in total. The molecule has 0 bridgehead atoms. The van der Waals surface area contributed by atoms with Crippen LogP contribution in [0, 0.1) is 0 Å². The van der Waals surface area contributed by atoms with Crippen molar-refractivity contribution in [3.8, 4) is 0 Å². The van der Waals surface area contributed by atoms with Crippen LogP contribution in [-0.4, -0.2) is 22.6 Å². The molecule has 16 heavy (non-hydrogen) atoms. The zero-order valence-corrected chi connectivity index (χ0v) is 9.08. The molecule has 0 spiro atoms. The minimum atomic E-state index is -0.901. The predicted molar refractivity (Wildman–Crippen MR) is 62.6 cm³/mol. The molecule has 1 heterocycles. The molecule has 0 fully saturated rings. The zero-order chi connectivity index (χ0) is 11.5. The maximum Gasteiger partial charge on any atom is 0.337 e. The predicted octanol–water partition coefficient (Wildman–Crippen LogP) is 1.98. The summed E-state index contributed by atoms with van der Waals surface area (Å²) >= 11 is 0. The van der Waals surface area contributed by atoms with Crippen molar-refractivity contribution in [1.29, 1.82) is 0 Å². The van der Waals surface area contributed by atoms with Crippen LogP contribution in [0.15, 0.2) is 24.3 Å². The number of rotatable bonds is 4. The van der Waals surface area contributed by atoms with E-state index in [0.29, 0.717) is 11.1 Å². The molecule has 1 aromatic carbocycles. The maximum absolute atomic E-state index is 11.0. The lowest BCUT2D eigenvalue weighted by atomic mass is 10.1. The van der Waals surface area contributed by atoms with Crippen molar-refractivity contribution in [2.24, 2.45) is 0 Å². The molecule has 0 atom stereocenters. The first-order valence-corrected chi connectivity index (χ1v) is 5.27. The smallest absolute Gasteiger partial charge is 0.337 e. The Labute approximate surface area is 93.3 Å². The number of benzene rings is 1. The van der Waals surface area contributed by atoms with Gasteiger partial charge in [0, 0.05) is 17.6 Å². The maximum atomic E-state index is 11.0. The quantitative estimate of drug-likeness (QED) is 0.735. The lowest BCUT2D eigenvalue weighted by Gasteiger charge is -1.97. The summed E-state index contributed by atoms with van der Waals surface area (Å²) < 4.78 is 0. The number of aromatic amines is 1. The third-order valence-corrected chi connectivity index (χ3v) is 2.51. The van der Waals surface area contributed by atoms with Gasteiger partial charge in [0.1, 0.15) is 0 Å². The largest absolute Gasteiger partial charge is 0.478 e. The molecule has 0 amide bonds. The second-order valence-corrected chi connectivity index (χ2v) is 3.65. The average molecular weight is 218 g/mol. The number of hydrogen-bond donors (Lipinski definition) is 3. The van der Waals surface area contributed by atoms with E-state index in [1.165, 1.54) is 0 Å². The highest BCUT2D eigenvalue weighted by Crippen LogP contribution is 2.19. The molecule has 0 aliphatic rings. The van der Waals surface area contributed by atoms with Crippen LogP contribution < -0.4 is 5.32 Å². The Morgan fingerprint density at radius 2 is 2.31 bits per heavy atom. The second kappa shape index (κ2) is 4.37. The molecule has 2 aromatic rings. The van der Waals surface area contributed by atoms with Crippen molar-refractivity contribution in [2.75, 3.05) is 6.54 Å². The van der Waals surface area contributed by atoms with E-state index in [9.17, 15) is 4.79 Å². The van der Waals surface area contributed by atoms with Crippen molar-refractivity contribution < 1.29 is 9.90 Å². The number of para-hydroxylation sites is 1. The van der Waals surface area contributed by atoms with E-state index in [1.54, 1.807) is 12.1 Å². The van der Waals surface area contributed by atoms with Gasteiger partial charge in [-0.25, -0.2) is 4.79 Å². The van der Waals surface area contributed by atoms with Gasteiger partial charge in [-0.3, -0.25) is 0 Å². The number of nitrogens with one attached hydrogen (secondary N) is 2. The topological polar surface area (TPSA) is 65.1 Å². The molecule has 0 radical (unpaired) electrons. The number of carbonyl (C=O) groups is 1. The van der Waals surface area contributed by atoms with Gasteiger partial charge < -0.3 is 15.4 Å². The van der Waals surface area contributed by atoms with Gasteiger partial charge in [-0.1, -0.05) is 19.1 Å². The van der Waals surface area contributed by atoms with E-state index >= 15 is 0 Å². The monoisotopic (exact) mass is 218 g/mol. The Balaban J connectivity index is 2.44. The highest BCUT2D eigenvalue weighted by atomic mass is 16.4. The van der Waals surface area contributed by atoms with Crippen LogP contribution in [0.25, 0.3) is 10.9 Å². The lowest BCUT2D eigenvalue weighted by Crippen LogP contribution is -2.11. The van der Waals surface area contributed by atoms with E-state index in [2.05, 4.69) is 10.3 Å². The highest BCUT2D eigenvalue weighted by Gasteiger charge is 2.10. The summed E-state index contributed by atoms with van der Waals surface area (Å²) in [5.74, 6) is -0.901. The van der Waals surface area contributed by atoms with Gasteiger partial charge in [-0.15, -0.1) is 0 Å². The summed E-state index contributed by atoms with van der Waals surface area (Å²) in [5, 5.41) is 13.2. The molecular weight excluding hydrogens is 204 g/mol. The molecule has 2 rings (SSSR count). The van der Waals surface area contributed by atoms with Crippen LogP contribution in [-0.2, 0) is 6.54 Å².